The molecule has 6 heteroatoms. The number of H-pyrrole nitrogens is 1. The Balaban J connectivity index is 2.00. The predicted molar refractivity (Wildman–Crippen MR) is 116 cm³/mol. The molecule has 0 aliphatic carbocycles. The number of nitrogens with two attached hydrogens (primary N) is 1. The van der Waals surface area contributed by atoms with E-state index in [4.69, 9.17) is 5.73 Å². The molecule has 0 saturated heterocycles. The number of nitrogens with one attached hydrogen (secondary N) is 1. The first kappa shape index (κ1) is 19.9. The number of primary amides is 1. The molecule has 0 bridgehead atoms. The normalized spacial score (nSPS) is 15.9. The van der Waals surface area contributed by atoms with Crippen LogP contribution in [-0.4, -0.2) is 28.2 Å². The van der Waals surface area contributed by atoms with Crippen LogP contribution in [0.2, 0.25) is 0 Å². The second-order valence-electron chi connectivity index (χ2n) is 7.81. The van der Waals surface area contributed by atoms with Crippen LogP contribution in [0.4, 0.5) is 4.39 Å². The van der Waals surface area contributed by atoms with Crippen LogP contribution < -0.4 is 5.73 Å². The Morgan fingerprint density at radius 2 is 2.07 bits per heavy atom. The largest absolute Gasteiger partial charge is 0.366 e. The SMILES string of the molecule is C=CC(=O)N1CCc2c(-c3c(F)cc(C(N)=O)c4[nH]c(C)c(C)c34)cccc2C1C. The zero-order valence-corrected chi connectivity index (χ0v) is 17.3. The van der Waals surface area contributed by atoms with E-state index in [2.05, 4.69) is 11.6 Å². The van der Waals surface area contributed by atoms with Gasteiger partial charge in [-0.3, -0.25) is 9.59 Å². The molecular formula is C24H24FN3O2. The summed E-state index contributed by atoms with van der Waals surface area (Å²) >= 11 is 0. The molecule has 1 atom stereocenters. The van der Waals surface area contributed by atoms with E-state index in [0.29, 0.717) is 29.4 Å². The second kappa shape index (κ2) is 7.13. The standard InChI is InChI=1S/C24H24FN3O2/c1-5-20(29)28-10-9-16-15(14(28)4)7-6-8-17(16)22-19(25)11-18(24(26)30)23-21(22)12(2)13(3)27-23/h5-8,11,14,27H,1,9-10H2,2-4H3,(H2,26,30). The number of hydrogen-bond acceptors (Lipinski definition) is 2. The number of benzene rings is 2. The van der Waals surface area contributed by atoms with Gasteiger partial charge in [0, 0.05) is 23.2 Å². The third-order valence-electron chi connectivity index (χ3n) is 6.25. The molecule has 1 aliphatic rings. The Morgan fingerprint density at radius 3 is 2.73 bits per heavy atom. The van der Waals surface area contributed by atoms with Crippen LogP contribution in [0.3, 0.4) is 0 Å². The van der Waals surface area contributed by atoms with Crippen molar-refractivity contribution in [3.05, 3.63) is 70.7 Å². The van der Waals surface area contributed by atoms with Crippen molar-refractivity contribution in [2.45, 2.75) is 33.2 Å². The molecule has 1 aromatic heterocycles. The Labute approximate surface area is 174 Å². The molecule has 0 fully saturated rings. The predicted octanol–water partition coefficient (Wildman–Crippen LogP) is 4.32. The van der Waals surface area contributed by atoms with Crippen LogP contribution in [-0.2, 0) is 11.2 Å². The molecule has 2 amide bonds. The van der Waals surface area contributed by atoms with E-state index in [1.807, 2.05) is 39.0 Å². The average molecular weight is 405 g/mol. The van der Waals surface area contributed by atoms with Gasteiger partial charge in [-0.15, -0.1) is 0 Å². The molecule has 1 aliphatic heterocycles. The van der Waals surface area contributed by atoms with Crippen LogP contribution in [0.5, 0.6) is 0 Å². The van der Waals surface area contributed by atoms with Crippen molar-refractivity contribution >= 4 is 22.7 Å². The fourth-order valence-electron chi connectivity index (χ4n) is 4.60. The van der Waals surface area contributed by atoms with Crippen molar-refractivity contribution < 1.29 is 14.0 Å². The number of carbonyl (C=O) groups is 2. The fourth-order valence-corrected chi connectivity index (χ4v) is 4.60. The second-order valence-corrected chi connectivity index (χ2v) is 7.81. The van der Waals surface area contributed by atoms with E-state index >= 15 is 4.39 Å². The van der Waals surface area contributed by atoms with E-state index in [1.165, 1.54) is 12.1 Å². The maximum Gasteiger partial charge on any atom is 0.250 e. The van der Waals surface area contributed by atoms with Crippen LogP contribution in [0.1, 0.15) is 45.7 Å². The first-order valence-electron chi connectivity index (χ1n) is 9.92. The third-order valence-corrected chi connectivity index (χ3v) is 6.25. The summed E-state index contributed by atoms with van der Waals surface area (Å²) in [6, 6.07) is 6.84. The maximum atomic E-state index is 15.4. The van der Waals surface area contributed by atoms with Crippen molar-refractivity contribution in [3.63, 3.8) is 0 Å². The van der Waals surface area contributed by atoms with E-state index in [0.717, 1.165) is 27.9 Å². The van der Waals surface area contributed by atoms with Crippen LogP contribution in [0.15, 0.2) is 36.9 Å². The van der Waals surface area contributed by atoms with Gasteiger partial charge in [-0.25, -0.2) is 4.39 Å². The van der Waals surface area contributed by atoms with Crippen molar-refractivity contribution in [1.82, 2.24) is 9.88 Å². The minimum absolute atomic E-state index is 0.116. The van der Waals surface area contributed by atoms with Gasteiger partial charge in [-0.2, -0.15) is 0 Å². The lowest BCUT2D eigenvalue weighted by Gasteiger charge is -2.35. The van der Waals surface area contributed by atoms with Crippen LogP contribution in [0, 0.1) is 19.7 Å². The van der Waals surface area contributed by atoms with Gasteiger partial charge in [0.15, 0.2) is 0 Å². The minimum atomic E-state index is -0.672. The highest BCUT2D eigenvalue weighted by molar-refractivity contribution is 6.11. The Morgan fingerprint density at radius 1 is 1.33 bits per heavy atom. The molecule has 2 aromatic carbocycles. The quantitative estimate of drug-likeness (QED) is 0.637. The van der Waals surface area contributed by atoms with Crippen molar-refractivity contribution in [3.8, 4) is 11.1 Å². The van der Waals surface area contributed by atoms with E-state index in [-0.39, 0.29) is 17.5 Å². The van der Waals surface area contributed by atoms with Crippen molar-refractivity contribution in [2.75, 3.05) is 6.54 Å². The molecule has 4 rings (SSSR count). The molecule has 30 heavy (non-hydrogen) atoms. The molecule has 0 saturated carbocycles. The van der Waals surface area contributed by atoms with Gasteiger partial charge < -0.3 is 15.6 Å². The van der Waals surface area contributed by atoms with Crippen molar-refractivity contribution in [1.29, 1.82) is 0 Å². The molecular weight excluding hydrogens is 381 g/mol. The molecule has 1 unspecified atom stereocenters. The zero-order chi connectivity index (χ0) is 21.7. The number of rotatable bonds is 3. The summed E-state index contributed by atoms with van der Waals surface area (Å²) < 4.78 is 15.4. The number of aromatic nitrogens is 1. The number of aromatic amines is 1. The zero-order valence-electron chi connectivity index (χ0n) is 17.3. The third kappa shape index (κ3) is 2.83. The summed E-state index contributed by atoms with van der Waals surface area (Å²) in [5.41, 5.74) is 11.2. The maximum absolute atomic E-state index is 15.4. The summed E-state index contributed by atoms with van der Waals surface area (Å²) in [4.78, 5) is 29.1. The van der Waals surface area contributed by atoms with E-state index < -0.39 is 11.7 Å². The number of amides is 2. The van der Waals surface area contributed by atoms with Gasteiger partial charge in [-0.05, 0) is 61.6 Å². The molecule has 3 aromatic rings. The monoisotopic (exact) mass is 405 g/mol. The average Bonchev–Trinajstić information content (AvgIpc) is 3.01. The topological polar surface area (TPSA) is 79.2 Å². The molecule has 154 valence electrons. The van der Waals surface area contributed by atoms with Gasteiger partial charge in [0.2, 0.25) is 5.91 Å². The first-order chi connectivity index (χ1) is 14.3. The summed E-state index contributed by atoms with van der Waals surface area (Å²) in [7, 11) is 0. The smallest absolute Gasteiger partial charge is 0.250 e. The number of carbonyl (C=O) groups excluding carboxylic acids is 2. The van der Waals surface area contributed by atoms with Gasteiger partial charge in [0.1, 0.15) is 5.82 Å². The van der Waals surface area contributed by atoms with Crippen LogP contribution in [0.25, 0.3) is 22.0 Å². The van der Waals surface area contributed by atoms with Gasteiger partial charge in [0.05, 0.1) is 17.1 Å². The number of hydrogen-bond donors (Lipinski definition) is 2. The lowest BCUT2D eigenvalue weighted by atomic mass is 9.85. The molecule has 0 spiro atoms. The number of fused-ring (bicyclic) bond motifs is 2. The Bertz CT molecular complexity index is 1230. The van der Waals surface area contributed by atoms with E-state index in [1.54, 1.807) is 4.90 Å². The summed E-state index contributed by atoms with van der Waals surface area (Å²) in [5.74, 6) is -1.27. The summed E-state index contributed by atoms with van der Waals surface area (Å²) in [5, 5.41) is 0.673. The minimum Gasteiger partial charge on any atom is -0.366 e. The molecule has 2 heterocycles. The summed E-state index contributed by atoms with van der Waals surface area (Å²) in [6.45, 7) is 9.89. The lowest BCUT2D eigenvalue weighted by molar-refractivity contribution is -0.128. The van der Waals surface area contributed by atoms with Crippen molar-refractivity contribution in [2.24, 2.45) is 5.73 Å². The lowest BCUT2D eigenvalue weighted by Crippen LogP contribution is -2.38. The van der Waals surface area contributed by atoms with Crippen LogP contribution >= 0.6 is 0 Å². The number of aryl methyl sites for hydroxylation is 2. The molecule has 5 nitrogen and oxygen atoms in total. The highest BCUT2D eigenvalue weighted by Gasteiger charge is 2.30. The molecule has 0 radical (unpaired) electrons. The molecule has 3 N–H and O–H groups in total. The highest BCUT2D eigenvalue weighted by Crippen LogP contribution is 2.42. The number of halogens is 1. The number of nitrogens with zero attached hydrogens (tertiary/aromatic N) is 1. The first-order valence-corrected chi connectivity index (χ1v) is 9.92. The van der Waals surface area contributed by atoms with Gasteiger partial charge >= 0.3 is 0 Å². The Kier molecular flexibility index (Phi) is 4.73. The van der Waals surface area contributed by atoms with Gasteiger partial charge in [0.25, 0.3) is 5.91 Å². The fraction of sp³-hybridized carbons (Fsp3) is 0.250. The van der Waals surface area contributed by atoms with E-state index in [9.17, 15) is 9.59 Å². The summed E-state index contributed by atoms with van der Waals surface area (Å²) in [6.07, 6.45) is 1.93. The highest BCUT2D eigenvalue weighted by atomic mass is 19.1. The Hall–Kier alpha value is -3.41. The van der Waals surface area contributed by atoms with Gasteiger partial charge in [-0.1, -0.05) is 24.8 Å².